The molecule has 1 aliphatic heterocycles. The molecule has 0 atom stereocenters. The molecule has 23 heavy (non-hydrogen) atoms. The van der Waals surface area contributed by atoms with Crippen molar-refractivity contribution < 1.29 is 9.53 Å². The molecular weight excluding hydrogens is 294 g/mol. The maximum absolute atomic E-state index is 12.6. The summed E-state index contributed by atoms with van der Waals surface area (Å²) in [4.78, 5) is 15.9. The van der Waals surface area contributed by atoms with Crippen LogP contribution < -0.4 is 10.1 Å². The molecule has 0 aliphatic carbocycles. The summed E-state index contributed by atoms with van der Waals surface area (Å²) >= 11 is 0. The molecule has 2 aromatic rings. The smallest absolute Gasteiger partial charge is 0.323 e. The molecule has 0 radical (unpaired) electrons. The molecule has 1 aromatic carbocycles. The fourth-order valence-corrected chi connectivity index (χ4v) is 2.62. The first-order chi connectivity index (χ1) is 11.0. The second-order valence-corrected chi connectivity index (χ2v) is 6.17. The first-order valence-electron chi connectivity index (χ1n) is 7.70. The normalized spacial score (nSPS) is 16.2. The number of nitrogens with one attached hydrogen (secondary N) is 1. The fourth-order valence-electron chi connectivity index (χ4n) is 2.62. The Morgan fingerprint density at radius 2 is 2.17 bits per heavy atom. The molecule has 0 unspecified atom stereocenters. The minimum Gasteiger partial charge on any atom is -0.486 e. The van der Waals surface area contributed by atoms with Gasteiger partial charge >= 0.3 is 6.03 Å². The van der Waals surface area contributed by atoms with E-state index < -0.39 is 5.60 Å². The second-order valence-electron chi connectivity index (χ2n) is 6.17. The van der Waals surface area contributed by atoms with Crippen molar-refractivity contribution in [3.8, 4) is 5.75 Å². The average Bonchev–Trinajstić information content (AvgIpc) is 2.89. The summed E-state index contributed by atoms with van der Waals surface area (Å²) in [5.41, 5.74) is 0.524. The summed E-state index contributed by atoms with van der Waals surface area (Å²) < 4.78 is 6.04. The van der Waals surface area contributed by atoms with Gasteiger partial charge < -0.3 is 9.64 Å². The summed E-state index contributed by atoms with van der Waals surface area (Å²) in [5, 5.41) is 11.0. The monoisotopic (exact) mass is 315 g/mol. The van der Waals surface area contributed by atoms with Gasteiger partial charge in [-0.2, -0.15) is 9.90 Å². The number of benzene rings is 1. The highest BCUT2D eigenvalue weighted by Crippen LogP contribution is 2.29. The Bertz CT molecular complexity index is 710. The van der Waals surface area contributed by atoms with Crippen LogP contribution in [0, 0.1) is 0 Å². The van der Waals surface area contributed by atoms with Crippen molar-refractivity contribution in [2.75, 3.05) is 11.9 Å². The number of para-hydroxylation sites is 1. The lowest BCUT2D eigenvalue weighted by molar-refractivity contribution is 0.0834. The molecule has 1 N–H and O–H groups in total. The maximum Gasteiger partial charge on any atom is 0.323 e. The molecule has 1 aromatic heterocycles. The Labute approximate surface area is 135 Å². The summed E-state index contributed by atoms with van der Waals surface area (Å²) in [7, 11) is 0. The van der Waals surface area contributed by atoms with E-state index in [9.17, 15) is 4.79 Å². The van der Waals surface area contributed by atoms with Crippen LogP contribution in [0.4, 0.5) is 10.6 Å². The van der Waals surface area contributed by atoms with Gasteiger partial charge in [0.2, 0.25) is 0 Å². The van der Waals surface area contributed by atoms with E-state index in [1.807, 2.05) is 45.0 Å². The number of ether oxygens (including phenoxy) is 1. The highest BCUT2D eigenvalue weighted by Gasteiger charge is 2.31. The number of nitrogens with zero attached hydrogens (tertiary/aromatic N) is 4. The zero-order chi connectivity index (χ0) is 16.4. The van der Waals surface area contributed by atoms with E-state index in [1.54, 1.807) is 11.1 Å². The summed E-state index contributed by atoms with van der Waals surface area (Å²) in [6.07, 6.45) is 1.55. The predicted octanol–water partition coefficient (Wildman–Crippen LogP) is 2.50. The van der Waals surface area contributed by atoms with Crippen LogP contribution in [0.5, 0.6) is 5.75 Å². The molecule has 2 amide bonds. The van der Waals surface area contributed by atoms with Gasteiger partial charge in [-0.25, -0.2) is 4.79 Å². The van der Waals surface area contributed by atoms with E-state index in [0.717, 1.165) is 11.3 Å². The van der Waals surface area contributed by atoms with E-state index in [2.05, 4.69) is 15.5 Å². The van der Waals surface area contributed by atoms with Crippen LogP contribution in [-0.2, 0) is 13.1 Å². The third-order valence-corrected chi connectivity index (χ3v) is 3.63. The number of carbonyl (C=O) groups excluding carboxylic acids is 1. The number of anilines is 1. The quantitative estimate of drug-likeness (QED) is 0.924. The van der Waals surface area contributed by atoms with Crippen LogP contribution in [0.1, 0.15) is 26.3 Å². The number of hydrogen-bond acceptors (Lipinski definition) is 4. The van der Waals surface area contributed by atoms with Crippen LogP contribution in [0.3, 0.4) is 0 Å². The number of fused-ring (bicyclic) bond motifs is 1. The number of amides is 2. The van der Waals surface area contributed by atoms with E-state index in [4.69, 9.17) is 4.74 Å². The first kappa shape index (κ1) is 15.3. The van der Waals surface area contributed by atoms with Crippen molar-refractivity contribution in [2.45, 2.75) is 39.5 Å². The van der Waals surface area contributed by atoms with E-state index in [0.29, 0.717) is 25.5 Å². The standard InChI is InChI=1S/C16H21N5O2/c1-4-21-17-9-14(19-21)18-15(22)20-10-12-7-5-6-8-13(12)23-16(2,3)11-20/h5-9H,4,10-11H2,1-3H3,(H,18,19,22). The molecule has 3 rings (SSSR count). The Kier molecular flexibility index (Phi) is 3.94. The maximum atomic E-state index is 12.6. The molecule has 0 saturated heterocycles. The highest BCUT2D eigenvalue weighted by molar-refractivity contribution is 5.88. The van der Waals surface area contributed by atoms with Crippen LogP contribution in [-0.4, -0.2) is 38.1 Å². The lowest BCUT2D eigenvalue weighted by Crippen LogP contribution is -2.44. The molecule has 0 fully saturated rings. The molecular formula is C16H21N5O2. The lowest BCUT2D eigenvalue weighted by Gasteiger charge is -2.29. The zero-order valence-corrected chi connectivity index (χ0v) is 13.6. The van der Waals surface area contributed by atoms with Gasteiger partial charge in [-0.1, -0.05) is 18.2 Å². The number of aromatic nitrogens is 3. The Balaban J connectivity index is 1.79. The van der Waals surface area contributed by atoms with Crippen molar-refractivity contribution in [1.29, 1.82) is 0 Å². The van der Waals surface area contributed by atoms with E-state index >= 15 is 0 Å². The van der Waals surface area contributed by atoms with Gasteiger partial charge in [0.05, 0.1) is 25.8 Å². The molecule has 0 saturated carbocycles. The van der Waals surface area contributed by atoms with Crippen molar-refractivity contribution in [2.24, 2.45) is 0 Å². The number of urea groups is 1. The largest absolute Gasteiger partial charge is 0.486 e. The predicted molar refractivity (Wildman–Crippen MR) is 86.3 cm³/mol. The molecule has 0 bridgehead atoms. The van der Waals surface area contributed by atoms with Crippen molar-refractivity contribution >= 4 is 11.8 Å². The molecule has 0 spiro atoms. The van der Waals surface area contributed by atoms with E-state index in [-0.39, 0.29) is 6.03 Å². The number of hydrogen-bond donors (Lipinski definition) is 1. The van der Waals surface area contributed by atoms with Crippen LogP contribution in [0.2, 0.25) is 0 Å². The minimum atomic E-state index is -0.467. The average molecular weight is 315 g/mol. The van der Waals surface area contributed by atoms with Gasteiger partial charge in [0, 0.05) is 5.56 Å². The topological polar surface area (TPSA) is 72.3 Å². The molecule has 2 heterocycles. The van der Waals surface area contributed by atoms with Crippen LogP contribution >= 0.6 is 0 Å². The van der Waals surface area contributed by atoms with Gasteiger partial charge in [0.1, 0.15) is 11.4 Å². The van der Waals surface area contributed by atoms with Gasteiger partial charge in [0.25, 0.3) is 0 Å². The van der Waals surface area contributed by atoms with Crippen molar-refractivity contribution in [3.63, 3.8) is 0 Å². The highest BCUT2D eigenvalue weighted by atomic mass is 16.5. The Morgan fingerprint density at radius 1 is 1.39 bits per heavy atom. The summed E-state index contributed by atoms with van der Waals surface area (Å²) in [5.74, 6) is 1.28. The van der Waals surface area contributed by atoms with Crippen LogP contribution in [0.15, 0.2) is 30.5 Å². The van der Waals surface area contributed by atoms with Crippen molar-refractivity contribution in [1.82, 2.24) is 19.9 Å². The molecule has 1 aliphatic rings. The minimum absolute atomic E-state index is 0.207. The molecule has 122 valence electrons. The molecule has 7 nitrogen and oxygen atoms in total. The second kappa shape index (κ2) is 5.91. The number of aryl methyl sites for hydroxylation is 1. The first-order valence-corrected chi connectivity index (χ1v) is 7.70. The number of rotatable bonds is 2. The summed E-state index contributed by atoms with van der Waals surface area (Å²) in [6.45, 7) is 7.53. The Morgan fingerprint density at radius 3 is 2.91 bits per heavy atom. The van der Waals surface area contributed by atoms with Crippen molar-refractivity contribution in [3.05, 3.63) is 36.0 Å². The van der Waals surface area contributed by atoms with Gasteiger partial charge in [-0.15, -0.1) is 5.10 Å². The van der Waals surface area contributed by atoms with Gasteiger partial charge in [-0.05, 0) is 26.8 Å². The lowest BCUT2D eigenvalue weighted by atomic mass is 10.1. The fraction of sp³-hybridized carbons (Fsp3) is 0.438. The Hall–Kier alpha value is -2.57. The third kappa shape index (κ3) is 3.44. The summed E-state index contributed by atoms with van der Waals surface area (Å²) in [6, 6.07) is 7.59. The molecule has 7 heteroatoms. The van der Waals surface area contributed by atoms with Gasteiger partial charge in [-0.3, -0.25) is 5.32 Å². The van der Waals surface area contributed by atoms with Gasteiger partial charge in [0.15, 0.2) is 5.82 Å². The SMILES string of the molecule is CCn1ncc(NC(=O)N2Cc3ccccc3OC(C)(C)C2)n1. The van der Waals surface area contributed by atoms with E-state index in [1.165, 1.54) is 4.80 Å². The number of carbonyl (C=O) groups is 1. The zero-order valence-electron chi connectivity index (χ0n) is 13.6. The van der Waals surface area contributed by atoms with Crippen LogP contribution in [0.25, 0.3) is 0 Å². The third-order valence-electron chi connectivity index (χ3n) is 3.63.